The fraction of sp³-hybridized carbons (Fsp3) is 0.267. The summed E-state index contributed by atoms with van der Waals surface area (Å²) in [6.45, 7) is 1.15. The second-order valence-corrected chi connectivity index (χ2v) is 4.45. The maximum absolute atomic E-state index is 12.2. The second-order valence-electron chi connectivity index (χ2n) is 4.45. The molecule has 0 aliphatic rings. The number of carbonyl (C=O) groups is 1. The highest BCUT2D eigenvalue weighted by Gasteiger charge is 2.20. The smallest absolute Gasteiger partial charge is 0.246 e. The number of nitrogens with zero attached hydrogens (tertiary/aromatic N) is 3. The van der Waals surface area contributed by atoms with Crippen molar-refractivity contribution < 1.29 is 9.53 Å². The number of rotatable bonds is 6. The summed E-state index contributed by atoms with van der Waals surface area (Å²) >= 11 is 0. The molecule has 0 spiro atoms. The lowest BCUT2D eigenvalue weighted by Crippen LogP contribution is -2.19. The third-order valence-electron chi connectivity index (χ3n) is 2.95. The van der Waals surface area contributed by atoms with Gasteiger partial charge in [0, 0.05) is 13.3 Å². The van der Waals surface area contributed by atoms with Gasteiger partial charge in [-0.1, -0.05) is 30.3 Å². The molecule has 1 aromatic carbocycles. The summed E-state index contributed by atoms with van der Waals surface area (Å²) in [6.07, 6.45) is 3.25. The number of carbonyl (C=O) groups excluding carboxylic acids is 1. The van der Waals surface area contributed by atoms with Gasteiger partial charge in [-0.15, -0.1) is 0 Å². The number of aromatic nitrogens is 2. The molecule has 1 atom stereocenters. The van der Waals surface area contributed by atoms with Gasteiger partial charge in [0.25, 0.3) is 0 Å². The molecule has 1 heterocycles. The van der Waals surface area contributed by atoms with Crippen molar-refractivity contribution in [1.82, 2.24) is 9.78 Å². The predicted octanol–water partition coefficient (Wildman–Crippen LogP) is 1.78. The van der Waals surface area contributed by atoms with Crippen molar-refractivity contribution in [3.05, 3.63) is 48.3 Å². The first-order chi connectivity index (χ1) is 10.2. The molecule has 21 heavy (non-hydrogen) atoms. The maximum Gasteiger partial charge on any atom is 0.246 e. The first kappa shape index (κ1) is 14.8. The van der Waals surface area contributed by atoms with Crippen LogP contribution in [-0.2, 0) is 16.1 Å². The van der Waals surface area contributed by atoms with Gasteiger partial charge in [-0.3, -0.25) is 9.48 Å². The zero-order chi connectivity index (χ0) is 15.1. The Labute approximate surface area is 123 Å². The van der Waals surface area contributed by atoms with Crippen LogP contribution in [0.25, 0.3) is 0 Å². The maximum atomic E-state index is 12.2. The van der Waals surface area contributed by atoms with Crippen LogP contribution >= 0.6 is 0 Å². The topological polar surface area (TPSA) is 79.9 Å². The number of nitrogens with one attached hydrogen (secondary N) is 1. The number of amides is 1. The van der Waals surface area contributed by atoms with E-state index in [1.54, 1.807) is 48.5 Å². The van der Waals surface area contributed by atoms with Crippen LogP contribution in [-0.4, -0.2) is 29.4 Å². The third-order valence-corrected chi connectivity index (χ3v) is 2.95. The average molecular weight is 284 g/mol. The minimum atomic E-state index is -0.839. The van der Waals surface area contributed by atoms with Crippen molar-refractivity contribution in [2.45, 2.75) is 12.5 Å². The molecule has 2 aromatic rings. The quantitative estimate of drug-likeness (QED) is 0.876. The van der Waals surface area contributed by atoms with E-state index in [2.05, 4.69) is 10.4 Å². The lowest BCUT2D eigenvalue weighted by Gasteiger charge is -2.08. The molecule has 0 aliphatic carbocycles. The second kappa shape index (κ2) is 7.22. The zero-order valence-corrected chi connectivity index (χ0v) is 11.7. The fourth-order valence-electron chi connectivity index (χ4n) is 1.88. The van der Waals surface area contributed by atoms with E-state index in [1.165, 1.54) is 0 Å². The van der Waals surface area contributed by atoms with E-state index in [1.807, 2.05) is 12.1 Å². The zero-order valence-electron chi connectivity index (χ0n) is 11.7. The van der Waals surface area contributed by atoms with E-state index in [9.17, 15) is 10.1 Å². The number of methoxy groups -OCH3 is 1. The molecule has 6 nitrogen and oxygen atoms in total. The summed E-state index contributed by atoms with van der Waals surface area (Å²) in [5, 5.41) is 16.0. The minimum Gasteiger partial charge on any atom is -0.383 e. The van der Waals surface area contributed by atoms with Crippen molar-refractivity contribution in [3.63, 3.8) is 0 Å². The SMILES string of the molecule is COCCn1cc(NC(=O)C(C#N)c2ccccc2)cn1. The van der Waals surface area contributed by atoms with Gasteiger partial charge in [-0.2, -0.15) is 10.4 Å². The highest BCUT2D eigenvalue weighted by atomic mass is 16.5. The molecule has 0 saturated carbocycles. The standard InChI is InChI=1S/C15H16N4O2/c1-21-8-7-19-11-13(10-17-19)18-15(20)14(9-16)12-5-3-2-4-6-12/h2-6,10-11,14H,7-8H2,1H3,(H,18,20). The van der Waals surface area contributed by atoms with Crippen molar-refractivity contribution in [2.75, 3.05) is 19.0 Å². The van der Waals surface area contributed by atoms with Gasteiger partial charge in [0.1, 0.15) is 0 Å². The van der Waals surface area contributed by atoms with Crippen LogP contribution in [0.2, 0.25) is 0 Å². The van der Waals surface area contributed by atoms with E-state index in [0.717, 1.165) is 0 Å². The Morgan fingerprint density at radius 3 is 2.90 bits per heavy atom. The highest BCUT2D eigenvalue weighted by Crippen LogP contribution is 2.17. The van der Waals surface area contributed by atoms with E-state index in [4.69, 9.17) is 4.74 Å². The van der Waals surface area contributed by atoms with Gasteiger partial charge < -0.3 is 10.1 Å². The number of anilines is 1. The summed E-state index contributed by atoms with van der Waals surface area (Å²) in [4.78, 5) is 12.2. The molecule has 1 aromatic heterocycles. The van der Waals surface area contributed by atoms with Gasteiger partial charge in [0.15, 0.2) is 5.92 Å². The normalized spacial score (nSPS) is 11.6. The van der Waals surface area contributed by atoms with E-state index in [0.29, 0.717) is 24.4 Å². The lowest BCUT2D eigenvalue weighted by atomic mass is 10.00. The molecule has 1 N–H and O–H groups in total. The Morgan fingerprint density at radius 2 is 2.24 bits per heavy atom. The largest absolute Gasteiger partial charge is 0.383 e. The lowest BCUT2D eigenvalue weighted by molar-refractivity contribution is -0.116. The third kappa shape index (κ3) is 3.91. The van der Waals surface area contributed by atoms with Crippen molar-refractivity contribution >= 4 is 11.6 Å². The number of ether oxygens (including phenoxy) is 1. The van der Waals surface area contributed by atoms with E-state index < -0.39 is 5.92 Å². The molecule has 0 aliphatic heterocycles. The van der Waals surface area contributed by atoms with Gasteiger partial charge in [-0.05, 0) is 5.56 Å². The fourth-order valence-corrected chi connectivity index (χ4v) is 1.88. The molecule has 0 bridgehead atoms. The molecular formula is C15H16N4O2. The van der Waals surface area contributed by atoms with Gasteiger partial charge in [0.05, 0.1) is 31.1 Å². The van der Waals surface area contributed by atoms with E-state index in [-0.39, 0.29) is 5.91 Å². The van der Waals surface area contributed by atoms with E-state index >= 15 is 0 Å². The van der Waals surface area contributed by atoms with Crippen molar-refractivity contribution in [2.24, 2.45) is 0 Å². The Balaban J connectivity index is 2.03. The molecule has 108 valence electrons. The Hall–Kier alpha value is -2.65. The molecule has 1 unspecified atom stereocenters. The van der Waals surface area contributed by atoms with Crippen LogP contribution in [0.5, 0.6) is 0 Å². The minimum absolute atomic E-state index is 0.366. The Bertz CT molecular complexity index is 631. The number of hydrogen-bond acceptors (Lipinski definition) is 4. The van der Waals surface area contributed by atoms with Crippen molar-refractivity contribution in [3.8, 4) is 6.07 Å². The summed E-state index contributed by atoms with van der Waals surface area (Å²) < 4.78 is 6.63. The predicted molar refractivity (Wildman–Crippen MR) is 77.5 cm³/mol. The summed E-state index contributed by atoms with van der Waals surface area (Å²) in [5.41, 5.74) is 1.23. The molecule has 0 radical (unpaired) electrons. The van der Waals surface area contributed by atoms with Crippen molar-refractivity contribution in [1.29, 1.82) is 5.26 Å². The van der Waals surface area contributed by atoms with Crippen LogP contribution in [0.15, 0.2) is 42.7 Å². The molecular weight excluding hydrogens is 268 g/mol. The summed E-state index contributed by atoms with van der Waals surface area (Å²) in [7, 11) is 1.61. The van der Waals surface area contributed by atoms with Crippen LogP contribution in [0.1, 0.15) is 11.5 Å². The van der Waals surface area contributed by atoms with Crippen LogP contribution in [0.3, 0.4) is 0 Å². The number of hydrogen-bond donors (Lipinski definition) is 1. The highest BCUT2D eigenvalue weighted by molar-refractivity contribution is 5.97. The Morgan fingerprint density at radius 1 is 1.48 bits per heavy atom. The number of benzene rings is 1. The van der Waals surface area contributed by atoms with Crippen LogP contribution < -0.4 is 5.32 Å². The summed E-state index contributed by atoms with van der Waals surface area (Å²) in [5.74, 6) is -1.21. The monoisotopic (exact) mass is 284 g/mol. The van der Waals surface area contributed by atoms with Gasteiger partial charge in [-0.25, -0.2) is 0 Å². The summed E-state index contributed by atoms with van der Waals surface area (Å²) in [6, 6.07) is 11.0. The van der Waals surface area contributed by atoms with Gasteiger partial charge in [0.2, 0.25) is 5.91 Å². The van der Waals surface area contributed by atoms with Crippen LogP contribution in [0, 0.1) is 11.3 Å². The molecule has 6 heteroatoms. The molecule has 0 saturated heterocycles. The number of nitriles is 1. The first-order valence-corrected chi connectivity index (χ1v) is 6.51. The molecule has 1 amide bonds. The Kier molecular flexibility index (Phi) is 5.07. The average Bonchev–Trinajstić information content (AvgIpc) is 2.94. The molecule has 0 fully saturated rings. The first-order valence-electron chi connectivity index (χ1n) is 6.51. The van der Waals surface area contributed by atoms with Gasteiger partial charge >= 0.3 is 0 Å². The molecule has 2 rings (SSSR count). The van der Waals surface area contributed by atoms with Crippen LogP contribution in [0.4, 0.5) is 5.69 Å².